The van der Waals surface area contributed by atoms with E-state index in [1.807, 2.05) is 0 Å². The first-order chi connectivity index (χ1) is 5.65. The molecule has 0 aliphatic heterocycles. The average molecular weight is 274 g/mol. The van der Waals surface area contributed by atoms with Gasteiger partial charge < -0.3 is 0 Å². The van der Waals surface area contributed by atoms with Crippen LogP contribution in [0.2, 0.25) is 0 Å². The number of rotatable bonds is 2. The predicted octanol–water partition coefficient (Wildman–Crippen LogP) is 3.86. The zero-order valence-corrected chi connectivity index (χ0v) is 10.1. The van der Waals surface area contributed by atoms with Crippen molar-refractivity contribution < 1.29 is 0 Å². The topological polar surface area (TPSA) is 0 Å². The summed E-state index contributed by atoms with van der Waals surface area (Å²) in [7, 11) is 0. The molecule has 0 unspecified atom stereocenters. The highest BCUT2D eigenvalue weighted by Gasteiger charge is 2.01. The monoisotopic (exact) mass is 274 g/mol. The Bertz CT molecular complexity index is 277. The van der Waals surface area contributed by atoms with Crippen molar-refractivity contribution in [3.63, 3.8) is 0 Å². The van der Waals surface area contributed by atoms with E-state index < -0.39 is 0 Å². The Kier molecular flexibility index (Phi) is 3.56. The van der Waals surface area contributed by atoms with Gasteiger partial charge in [0.15, 0.2) is 0 Å². The Morgan fingerprint density at radius 1 is 1.25 bits per heavy atom. The highest BCUT2D eigenvalue weighted by molar-refractivity contribution is 14.1. The van der Waals surface area contributed by atoms with Gasteiger partial charge in [-0.3, -0.25) is 0 Å². The summed E-state index contributed by atoms with van der Waals surface area (Å²) < 4.78 is 1.36. The van der Waals surface area contributed by atoms with Crippen molar-refractivity contribution in [1.82, 2.24) is 0 Å². The molecule has 0 heterocycles. The second-order valence-electron chi connectivity index (χ2n) is 3.26. The Hall–Kier alpha value is -0.0500. The van der Waals surface area contributed by atoms with Gasteiger partial charge in [-0.15, -0.1) is 0 Å². The maximum Gasteiger partial charge on any atom is 0.0135 e. The summed E-state index contributed by atoms with van der Waals surface area (Å²) in [5, 5.41) is 0. The van der Waals surface area contributed by atoms with E-state index in [0.29, 0.717) is 0 Å². The highest BCUT2D eigenvalue weighted by Crippen LogP contribution is 2.18. The van der Waals surface area contributed by atoms with Crippen LogP contribution in [0.1, 0.15) is 30.0 Å². The molecule has 0 fully saturated rings. The van der Waals surface area contributed by atoms with Gasteiger partial charge in [0.2, 0.25) is 0 Å². The summed E-state index contributed by atoms with van der Waals surface area (Å²) in [6.07, 6.45) is 2.45. The molecule has 66 valence electrons. The molecule has 0 aliphatic rings. The second-order valence-corrected chi connectivity index (χ2v) is 4.50. The van der Waals surface area contributed by atoms with Crippen LogP contribution in [0.25, 0.3) is 0 Å². The maximum atomic E-state index is 2.39. The summed E-state index contributed by atoms with van der Waals surface area (Å²) in [5.41, 5.74) is 4.41. The SMILES string of the molecule is CCCc1cc(I)cc(C)c1C. The standard InChI is InChI=1S/C11H15I/c1-4-5-10-7-11(12)6-8(2)9(10)3/h6-7H,4-5H2,1-3H3. The number of halogens is 1. The van der Waals surface area contributed by atoms with E-state index in [9.17, 15) is 0 Å². The van der Waals surface area contributed by atoms with Crippen LogP contribution >= 0.6 is 22.6 Å². The molecule has 1 rings (SSSR count). The van der Waals surface area contributed by atoms with Crippen molar-refractivity contribution in [2.45, 2.75) is 33.6 Å². The lowest BCUT2D eigenvalue weighted by molar-refractivity contribution is 0.908. The molecule has 0 aliphatic carbocycles. The molecule has 1 aromatic rings. The molecule has 0 nitrogen and oxygen atoms in total. The molecule has 0 amide bonds. The minimum atomic E-state index is 1.21. The van der Waals surface area contributed by atoms with Gasteiger partial charge in [0, 0.05) is 3.57 Å². The number of hydrogen-bond donors (Lipinski definition) is 0. The van der Waals surface area contributed by atoms with Crippen molar-refractivity contribution in [3.8, 4) is 0 Å². The molecule has 0 saturated carbocycles. The lowest BCUT2D eigenvalue weighted by Crippen LogP contribution is -1.93. The molecule has 0 spiro atoms. The number of aryl methyl sites for hydroxylation is 2. The Labute approximate surface area is 88.5 Å². The first kappa shape index (κ1) is 10.0. The predicted molar refractivity (Wildman–Crippen MR) is 62.6 cm³/mol. The molecule has 0 N–H and O–H groups in total. The van der Waals surface area contributed by atoms with E-state index in [-0.39, 0.29) is 0 Å². The lowest BCUT2D eigenvalue weighted by Gasteiger charge is -2.08. The fourth-order valence-corrected chi connectivity index (χ4v) is 2.26. The van der Waals surface area contributed by atoms with Crippen molar-refractivity contribution in [2.24, 2.45) is 0 Å². The van der Waals surface area contributed by atoms with Crippen LogP contribution in [0, 0.1) is 17.4 Å². The normalized spacial score (nSPS) is 10.3. The summed E-state index contributed by atoms with van der Waals surface area (Å²) in [6.45, 7) is 6.64. The summed E-state index contributed by atoms with van der Waals surface area (Å²) in [4.78, 5) is 0. The molecule has 1 aromatic carbocycles. The molecule has 0 radical (unpaired) electrons. The average Bonchev–Trinajstić information content (AvgIpc) is 2.00. The van der Waals surface area contributed by atoms with Crippen LogP contribution in [0.5, 0.6) is 0 Å². The van der Waals surface area contributed by atoms with Gasteiger partial charge in [0.1, 0.15) is 0 Å². The van der Waals surface area contributed by atoms with Gasteiger partial charge in [0.05, 0.1) is 0 Å². The fraction of sp³-hybridized carbons (Fsp3) is 0.455. The van der Waals surface area contributed by atoms with Gasteiger partial charge in [-0.05, 0) is 71.7 Å². The molecule has 0 atom stereocenters. The van der Waals surface area contributed by atoms with E-state index in [1.54, 1.807) is 0 Å². The zero-order chi connectivity index (χ0) is 9.14. The van der Waals surface area contributed by atoms with Crippen molar-refractivity contribution in [1.29, 1.82) is 0 Å². The van der Waals surface area contributed by atoms with Crippen molar-refractivity contribution in [3.05, 3.63) is 32.4 Å². The summed E-state index contributed by atoms with van der Waals surface area (Å²) in [6, 6.07) is 4.54. The molecule has 12 heavy (non-hydrogen) atoms. The van der Waals surface area contributed by atoms with Crippen LogP contribution in [-0.4, -0.2) is 0 Å². The zero-order valence-electron chi connectivity index (χ0n) is 7.95. The van der Waals surface area contributed by atoms with E-state index in [0.717, 1.165) is 0 Å². The Morgan fingerprint density at radius 3 is 2.50 bits per heavy atom. The Morgan fingerprint density at radius 2 is 1.92 bits per heavy atom. The molecule has 1 heteroatoms. The van der Waals surface area contributed by atoms with Crippen molar-refractivity contribution in [2.75, 3.05) is 0 Å². The van der Waals surface area contributed by atoms with Crippen LogP contribution in [0.15, 0.2) is 12.1 Å². The molecule has 0 aromatic heterocycles. The Balaban J connectivity index is 3.09. The minimum absolute atomic E-state index is 1.21. The highest BCUT2D eigenvalue weighted by atomic mass is 127. The van der Waals surface area contributed by atoms with Gasteiger partial charge >= 0.3 is 0 Å². The maximum absolute atomic E-state index is 2.39. The van der Waals surface area contributed by atoms with Gasteiger partial charge in [-0.25, -0.2) is 0 Å². The largest absolute Gasteiger partial charge is 0.0651 e. The molecule has 0 saturated heterocycles. The number of benzene rings is 1. The van der Waals surface area contributed by atoms with E-state index in [1.165, 1.54) is 33.1 Å². The number of hydrogen-bond acceptors (Lipinski definition) is 0. The third-order valence-electron chi connectivity index (χ3n) is 2.26. The smallest absolute Gasteiger partial charge is 0.0135 e. The van der Waals surface area contributed by atoms with Crippen LogP contribution in [-0.2, 0) is 6.42 Å². The summed E-state index contributed by atoms with van der Waals surface area (Å²) in [5.74, 6) is 0. The van der Waals surface area contributed by atoms with Crippen LogP contribution in [0.3, 0.4) is 0 Å². The molecular formula is C11H15I. The minimum Gasteiger partial charge on any atom is -0.0651 e. The van der Waals surface area contributed by atoms with E-state index >= 15 is 0 Å². The van der Waals surface area contributed by atoms with Crippen LogP contribution < -0.4 is 0 Å². The molecular weight excluding hydrogens is 259 g/mol. The van der Waals surface area contributed by atoms with Gasteiger partial charge in [0.25, 0.3) is 0 Å². The first-order valence-electron chi connectivity index (χ1n) is 4.40. The fourth-order valence-electron chi connectivity index (χ4n) is 1.41. The third-order valence-corrected chi connectivity index (χ3v) is 2.88. The third kappa shape index (κ3) is 2.22. The first-order valence-corrected chi connectivity index (χ1v) is 5.48. The van der Waals surface area contributed by atoms with Crippen molar-refractivity contribution >= 4 is 22.6 Å². The van der Waals surface area contributed by atoms with E-state index in [2.05, 4.69) is 55.5 Å². The van der Waals surface area contributed by atoms with E-state index in [4.69, 9.17) is 0 Å². The van der Waals surface area contributed by atoms with Gasteiger partial charge in [-0.2, -0.15) is 0 Å². The molecule has 0 bridgehead atoms. The summed E-state index contributed by atoms with van der Waals surface area (Å²) >= 11 is 2.39. The lowest BCUT2D eigenvalue weighted by atomic mass is 10.0. The quantitative estimate of drug-likeness (QED) is 0.718. The van der Waals surface area contributed by atoms with Gasteiger partial charge in [-0.1, -0.05) is 13.3 Å². The second kappa shape index (κ2) is 4.26. The van der Waals surface area contributed by atoms with Crippen LogP contribution in [0.4, 0.5) is 0 Å².